The van der Waals surface area contributed by atoms with Crippen molar-refractivity contribution in [3.8, 4) is 11.8 Å². The summed E-state index contributed by atoms with van der Waals surface area (Å²) >= 11 is 1.46. The highest BCUT2D eigenvalue weighted by Crippen LogP contribution is 2.28. The molecule has 0 N–H and O–H groups in total. The molecule has 0 aliphatic heterocycles. The summed E-state index contributed by atoms with van der Waals surface area (Å²) in [5.41, 5.74) is 1.40. The molecule has 0 saturated heterocycles. The van der Waals surface area contributed by atoms with Gasteiger partial charge in [-0.1, -0.05) is 23.5 Å². The topological polar surface area (TPSA) is 75.4 Å². The maximum Gasteiger partial charge on any atom is 0.266 e. The highest BCUT2D eigenvalue weighted by Gasteiger charge is 2.20. The average Bonchev–Trinajstić information content (AvgIpc) is 3.10. The van der Waals surface area contributed by atoms with Crippen LogP contribution >= 0.6 is 11.3 Å². The lowest BCUT2D eigenvalue weighted by Gasteiger charge is -2.19. The zero-order valence-corrected chi connectivity index (χ0v) is 15.0. The molecule has 0 bridgehead atoms. The van der Waals surface area contributed by atoms with E-state index in [0.717, 1.165) is 10.2 Å². The maximum atomic E-state index is 12.7. The summed E-state index contributed by atoms with van der Waals surface area (Å²) in [6.45, 7) is 0.677. The summed E-state index contributed by atoms with van der Waals surface area (Å²) in [5, 5.41) is 9.44. The van der Waals surface area contributed by atoms with Crippen molar-refractivity contribution in [1.29, 1.82) is 5.26 Å². The summed E-state index contributed by atoms with van der Waals surface area (Å²) in [5.74, 6) is 0.332. The lowest BCUT2D eigenvalue weighted by atomic mass is 10.2. The van der Waals surface area contributed by atoms with E-state index >= 15 is 0 Å². The summed E-state index contributed by atoms with van der Waals surface area (Å²) in [6.07, 6.45) is 0. The molecule has 0 spiro atoms. The van der Waals surface area contributed by atoms with Gasteiger partial charge in [-0.05, 0) is 36.4 Å². The van der Waals surface area contributed by atoms with Gasteiger partial charge < -0.3 is 9.47 Å². The molecule has 1 heterocycles. The fourth-order valence-corrected chi connectivity index (χ4v) is 3.34. The lowest BCUT2D eigenvalue weighted by molar-refractivity contribution is -0.120. The van der Waals surface area contributed by atoms with Gasteiger partial charge in [0.25, 0.3) is 5.91 Å². The quantitative estimate of drug-likeness (QED) is 0.641. The summed E-state index contributed by atoms with van der Waals surface area (Å²) in [4.78, 5) is 18.8. The van der Waals surface area contributed by atoms with Crippen molar-refractivity contribution in [2.75, 3.05) is 31.8 Å². The van der Waals surface area contributed by atoms with E-state index in [1.807, 2.05) is 30.3 Å². The SMILES string of the molecule is COCCN(C(=O)COc1ccc(C#N)cc1)c1nc2ccccc2s1. The van der Waals surface area contributed by atoms with Gasteiger partial charge >= 0.3 is 0 Å². The molecule has 0 aliphatic rings. The number of thiazole rings is 1. The number of ether oxygens (including phenoxy) is 2. The molecule has 0 unspecified atom stereocenters. The van der Waals surface area contributed by atoms with Crippen LogP contribution in [0.3, 0.4) is 0 Å². The molecule has 2 aromatic carbocycles. The highest BCUT2D eigenvalue weighted by atomic mass is 32.1. The molecular formula is C19H17N3O3S. The Morgan fingerprint density at radius 1 is 1.23 bits per heavy atom. The number of nitrogens with zero attached hydrogens (tertiary/aromatic N) is 3. The number of fused-ring (bicyclic) bond motifs is 1. The predicted octanol–water partition coefficient (Wildman–Crippen LogP) is 3.23. The molecule has 6 nitrogen and oxygen atoms in total. The number of amides is 1. The molecule has 1 aromatic heterocycles. The van der Waals surface area contributed by atoms with Crippen molar-refractivity contribution in [1.82, 2.24) is 4.98 Å². The Labute approximate surface area is 155 Å². The van der Waals surface area contributed by atoms with Gasteiger partial charge in [0.1, 0.15) is 5.75 Å². The number of nitriles is 1. The molecule has 0 saturated carbocycles. The minimum atomic E-state index is -0.203. The molecule has 0 atom stereocenters. The number of benzene rings is 2. The standard InChI is InChI=1S/C19H17N3O3S/c1-24-11-10-22(19-21-16-4-2-3-5-17(16)26-19)18(23)13-25-15-8-6-14(12-20)7-9-15/h2-9H,10-11,13H2,1H3. The van der Waals surface area contributed by atoms with Crippen LogP contribution in [0.2, 0.25) is 0 Å². The van der Waals surface area contributed by atoms with Crippen molar-refractivity contribution in [2.24, 2.45) is 0 Å². The molecule has 7 heteroatoms. The first-order valence-electron chi connectivity index (χ1n) is 7.99. The van der Waals surface area contributed by atoms with Gasteiger partial charge in [-0.25, -0.2) is 4.98 Å². The molecule has 1 amide bonds. The summed E-state index contributed by atoms with van der Waals surface area (Å²) in [6, 6.07) is 16.4. The predicted molar refractivity (Wildman–Crippen MR) is 101 cm³/mol. The van der Waals surface area contributed by atoms with Crippen molar-refractivity contribution in [3.05, 3.63) is 54.1 Å². The second kappa shape index (κ2) is 8.43. The van der Waals surface area contributed by atoms with E-state index < -0.39 is 0 Å². The zero-order chi connectivity index (χ0) is 18.4. The van der Waals surface area contributed by atoms with Gasteiger partial charge in [0.2, 0.25) is 0 Å². The van der Waals surface area contributed by atoms with Gasteiger partial charge in [0.05, 0.1) is 35.0 Å². The normalized spacial score (nSPS) is 10.5. The molecule has 3 rings (SSSR count). The van der Waals surface area contributed by atoms with Crippen LogP contribution in [-0.2, 0) is 9.53 Å². The monoisotopic (exact) mass is 367 g/mol. The molecule has 0 radical (unpaired) electrons. The number of anilines is 1. The van der Waals surface area contributed by atoms with Gasteiger partial charge in [-0.3, -0.25) is 9.69 Å². The van der Waals surface area contributed by atoms with Crippen LogP contribution in [0.4, 0.5) is 5.13 Å². The van der Waals surface area contributed by atoms with E-state index in [1.165, 1.54) is 11.3 Å². The fraction of sp³-hybridized carbons (Fsp3) is 0.211. The fourth-order valence-electron chi connectivity index (χ4n) is 2.33. The van der Waals surface area contributed by atoms with Crippen LogP contribution in [-0.4, -0.2) is 37.8 Å². The second-order valence-electron chi connectivity index (χ2n) is 5.43. The zero-order valence-electron chi connectivity index (χ0n) is 14.2. The first kappa shape index (κ1) is 17.9. The first-order valence-corrected chi connectivity index (χ1v) is 8.81. The smallest absolute Gasteiger partial charge is 0.266 e. The van der Waals surface area contributed by atoms with Gasteiger partial charge in [-0.2, -0.15) is 5.26 Å². The molecule has 132 valence electrons. The van der Waals surface area contributed by atoms with Gasteiger partial charge in [-0.15, -0.1) is 0 Å². The van der Waals surface area contributed by atoms with Crippen molar-refractivity contribution >= 4 is 32.6 Å². The van der Waals surface area contributed by atoms with Gasteiger partial charge in [0.15, 0.2) is 11.7 Å². The molecule has 0 aliphatic carbocycles. The number of hydrogen-bond donors (Lipinski definition) is 0. The summed E-state index contributed by atoms with van der Waals surface area (Å²) < 4.78 is 11.7. The van der Waals surface area contributed by atoms with Gasteiger partial charge in [0, 0.05) is 7.11 Å². The second-order valence-corrected chi connectivity index (χ2v) is 6.44. The van der Waals surface area contributed by atoms with Crippen LogP contribution in [0.1, 0.15) is 5.56 Å². The number of methoxy groups -OCH3 is 1. The molecular weight excluding hydrogens is 350 g/mol. The third kappa shape index (κ3) is 4.17. The highest BCUT2D eigenvalue weighted by molar-refractivity contribution is 7.22. The van der Waals surface area contributed by atoms with Crippen LogP contribution < -0.4 is 9.64 Å². The van der Waals surface area contributed by atoms with E-state index in [9.17, 15) is 4.79 Å². The minimum absolute atomic E-state index is 0.120. The number of hydrogen-bond acceptors (Lipinski definition) is 6. The third-order valence-corrected chi connectivity index (χ3v) is 4.74. The van der Waals surface area contributed by atoms with Crippen LogP contribution in [0, 0.1) is 11.3 Å². The average molecular weight is 367 g/mol. The Hall–Kier alpha value is -2.95. The number of rotatable bonds is 7. The Balaban J connectivity index is 1.73. The molecule has 3 aromatic rings. The van der Waals surface area contributed by atoms with Crippen LogP contribution in [0.5, 0.6) is 5.75 Å². The number of para-hydroxylation sites is 1. The van der Waals surface area contributed by atoms with E-state index in [1.54, 1.807) is 36.3 Å². The Morgan fingerprint density at radius 3 is 2.69 bits per heavy atom. The van der Waals surface area contributed by atoms with E-state index in [2.05, 4.69) is 4.98 Å². The first-order chi connectivity index (χ1) is 12.7. The summed E-state index contributed by atoms with van der Waals surface area (Å²) in [7, 11) is 1.59. The molecule has 26 heavy (non-hydrogen) atoms. The Morgan fingerprint density at radius 2 is 2.00 bits per heavy atom. The Bertz CT molecular complexity index is 898. The number of aromatic nitrogens is 1. The minimum Gasteiger partial charge on any atom is -0.484 e. The van der Waals surface area contributed by atoms with Crippen LogP contribution in [0.25, 0.3) is 10.2 Å². The van der Waals surface area contributed by atoms with Crippen LogP contribution in [0.15, 0.2) is 48.5 Å². The third-order valence-electron chi connectivity index (χ3n) is 3.68. The van der Waals surface area contributed by atoms with Crippen molar-refractivity contribution < 1.29 is 14.3 Å². The largest absolute Gasteiger partial charge is 0.484 e. The van der Waals surface area contributed by atoms with E-state index in [0.29, 0.717) is 29.6 Å². The maximum absolute atomic E-state index is 12.7. The van der Waals surface area contributed by atoms with E-state index in [-0.39, 0.29) is 12.5 Å². The van der Waals surface area contributed by atoms with Crippen molar-refractivity contribution in [2.45, 2.75) is 0 Å². The Kier molecular flexibility index (Phi) is 5.79. The number of carbonyl (C=O) groups excluding carboxylic acids is 1. The number of carbonyl (C=O) groups is 1. The molecule has 0 fully saturated rings. The van der Waals surface area contributed by atoms with Crippen molar-refractivity contribution in [3.63, 3.8) is 0 Å². The van der Waals surface area contributed by atoms with E-state index in [4.69, 9.17) is 14.7 Å². The lowest BCUT2D eigenvalue weighted by Crippen LogP contribution is -2.37.